The lowest BCUT2D eigenvalue weighted by atomic mass is 9.96. The molecule has 2 aromatic carbocycles. The zero-order valence-corrected chi connectivity index (χ0v) is 20.1. The molecular formula is C26H20ClN3O3S. The Hall–Kier alpha value is -3.55. The van der Waals surface area contributed by atoms with Gasteiger partial charge in [-0.3, -0.25) is 9.36 Å². The minimum absolute atomic E-state index is 0.232. The number of esters is 1. The monoisotopic (exact) mass is 489 g/mol. The summed E-state index contributed by atoms with van der Waals surface area (Å²) in [7, 11) is 0. The van der Waals surface area contributed by atoms with Crippen LogP contribution in [0.1, 0.15) is 31.1 Å². The lowest BCUT2D eigenvalue weighted by Crippen LogP contribution is -2.39. The van der Waals surface area contributed by atoms with E-state index >= 15 is 0 Å². The van der Waals surface area contributed by atoms with Crippen molar-refractivity contribution in [3.8, 4) is 0 Å². The molecule has 1 atom stereocenters. The number of ether oxygens (including phenoxy) is 1. The van der Waals surface area contributed by atoms with E-state index in [9.17, 15) is 9.59 Å². The summed E-state index contributed by atoms with van der Waals surface area (Å²) >= 11 is 7.71. The first-order valence-corrected chi connectivity index (χ1v) is 12.0. The van der Waals surface area contributed by atoms with Crippen LogP contribution >= 0.6 is 22.9 Å². The molecule has 0 bridgehead atoms. The molecule has 3 heterocycles. The van der Waals surface area contributed by atoms with Crippen LogP contribution in [0.2, 0.25) is 5.02 Å². The number of hydrogen-bond donors (Lipinski definition) is 0. The molecule has 0 amide bonds. The average molecular weight is 490 g/mol. The van der Waals surface area contributed by atoms with Crippen molar-refractivity contribution in [3.63, 3.8) is 0 Å². The quantitative estimate of drug-likeness (QED) is 0.406. The Kier molecular flexibility index (Phi) is 5.89. The number of hydrogen-bond acceptors (Lipinski definition) is 6. The molecule has 1 unspecified atom stereocenters. The van der Waals surface area contributed by atoms with Gasteiger partial charge in [0.05, 0.1) is 44.7 Å². The third-order valence-corrected chi connectivity index (χ3v) is 6.89. The second-order valence-corrected chi connectivity index (χ2v) is 9.18. The predicted molar refractivity (Wildman–Crippen MR) is 134 cm³/mol. The first-order valence-electron chi connectivity index (χ1n) is 10.8. The summed E-state index contributed by atoms with van der Waals surface area (Å²) in [6, 6.07) is 18.1. The van der Waals surface area contributed by atoms with Crippen molar-refractivity contribution in [1.82, 2.24) is 9.55 Å². The summed E-state index contributed by atoms with van der Waals surface area (Å²) in [5.41, 5.74) is 2.77. The Morgan fingerprint density at radius 2 is 1.91 bits per heavy atom. The van der Waals surface area contributed by atoms with Gasteiger partial charge >= 0.3 is 5.97 Å². The van der Waals surface area contributed by atoms with Crippen LogP contribution < -0.4 is 14.9 Å². The van der Waals surface area contributed by atoms with E-state index in [4.69, 9.17) is 16.3 Å². The number of benzene rings is 2. The number of halogens is 1. The largest absolute Gasteiger partial charge is 0.463 e. The van der Waals surface area contributed by atoms with Gasteiger partial charge in [0.2, 0.25) is 0 Å². The molecule has 1 aliphatic rings. The zero-order chi connectivity index (χ0) is 23.8. The van der Waals surface area contributed by atoms with Crippen molar-refractivity contribution < 1.29 is 9.53 Å². The number of nitrogens with zero attached hydrogens (tertiary/aromatic N) is 3. The van der Waals surface area contributed by atoms with Crippen LogP contribution in [0, 0.1) is 0 Å². The predicted octanol–water partition coefficient (Wildman–Crippen LogP) is 4.00. The van der Waals surface area contributed by atoms with Crippen LogP contribution in [0.3, 0.4) is 0 Å². The number of aromatic nitrogens is 2. The van der Waals surface area contributed by atoms with E-state index in [1.54, 1.807) is 30.6 Å². The van der Waals surface area contributed by atoms with Gasteiger partial charge in [-0.05, 0) is 37.6 Å². The normalized spacial score (nSPS) is 15.9. The summed E-state index contributed by atoms with van der Waals surface area (Å²) < 4.78 is 7.33. The third kappa shape index (κ3) is 3.87. The molecule has 0 N–H and O–H groups in total. The first-order chi connectivity index (χ1) is 16.5. The van der Waals surface area contributed by atoms with Crippen molar-refractivity contribution in [3.05, 3.63) is 108 Å². The fourth-order valence-electron chi connectivity index (χ4n) is 4.10. The Bertz CT molecular complexity index is 1640. The van der Waals surface area contributed by atoms with E-state index in [0.29, 0.717) is 31.3 Å². The number of para-hydroxylation sites is 1. The molecule has 6 nitrogen and oxygen atoms in total. The van der Waals surface area contributed by atoms with Gasteiger partial charge in [0.1, 0.15) is 0 Å². The molecule has 1 aliphatic heterocycles. The molecule has 34 heavy (non-hydrogen) atoms. The maximum atomic E-state index is 13.6. The van der Waals surface area contributed by atoms with Crippen LogP contribution in [0.5, 0.6) is 0 Å². The summed E-state index contributed by atoms with van der Waals surface area (Å²) in [4.78, 5) is 36.3. The molecule has 0 saturated heterocycles. The molecule has 0 aliphatic carbocycles. The van der Waals surface area contributed by atoms with E-state index < -0.39 is 12.0 Å². The van der Waals surface area contributed by atoms with Crippen LogP contribution in [0.25, 0.3) is 17.0 Å². The van der Waals surface area contributed by atoms with E-state index in [-0.39, 0.29) is 12.2 Å². The number of thiazole rings is 1. The standard InChI is InChI=1S/C26H20ClN3O3S/c1-3-33-25(32)22-15(2)28-26-30(23(22)16-9-5-4-6-10-16)24(31)21(34-26)14-17-13-19(27)18-11-7-8-12-20(18)29-17/h4-14,23H,3H2,1-2H3/b21-14-. The van der Waals surface area contributed by atoms with Crippen LogP contribution in [-0.2, 0) is 9.53 Å². The first kappa shape index (κ1) is 22.3. The highest BCUT2D eigenvalue weighted by molar-refractivity contribution is 7.07. The highest BCUT2D eigenvalue weighted by Gasteiger charge is 2.33. The summed E-state index contributed by atoms with van der Waals surface area (Å²) in [6.45, 7) is 3.75. The Morgan fingerprint density at radius 3 is 2.68 bits per heavy atom. The highest BCUT2D eigenvalue weighted by atomic mass is 35.5. The number of pyridine rings is 1. The van der Waals surface area contributed by atoms with Crippen molar-refractivity contribution in [2.75, 3.05) is 6.61 Å². The molecule has 0 fully saturated rings. The molecule has 8 heteroatoms. The smallest absolute Gasteiger partial charge is 0.338 e. The van der Waals surface area contributed by atoms with Gasteiger partial charge in [0, 0.05) is 5.39 Å². The van der Waals surface area contributed by atoms with Crippen LogP contribution in [-0.4, -0.2) is 22.1 Å². The Morgan fingerprint density at radius 1 is 1.18 bits per heavy atom. The Balaban J connectivity index is 1.72. The number of fused-ring (bicyclic) bond motifs is 2. The third-order valence-electron chi connectivity index (χ3n) is 5.60. The van der Waals surface area contributed by atoms with Crippen molar-refractivity contribution in [2.45, 2.75) is 19.9 Å². The summed E-state index contributed by atoms with van der Waals surface area (Å²) in [5, 5.41) is 1.41. The van der Waals surface area contributed by atoms with Gasteiger partial charge < -0.3 is 4.74 Å². The molecule has 4 aromatic rings. The molecule has 2 aromatic heterocycles. The number of allylic oxidation sites excluding steroid dienone is 1. The second kappa shape index (κ2) is 9.00. The number of carbonyl (C=O) groups excluding carboxylic acids is 1. The van der Waals surface area contributed by atoms with Crippen LogP contribution in [0.15, 0.2) is 81.7 Å². The van der Waals surface area contributed by atoms with Gasteiger partial charge in [0.15, 0.2) is 4.80 Å². The fraction of sp³-hybridized carbons (Fsp3) is 0.154. The molecule has 170 valence electrons. The SMILES string of the molecule is CCOC(=O)C1=C(C)N=c2s/c(=C\c3cc(Cl)c4ccccc4n3)c(=O)n2C1c1ccccc1. The zero-order valence-electron chi connectivity index (χ0n) is 18.5. The lowest BCUT2D eigenvalue weighted by molar-refractivity contribution is -0.139. The maximum absolute atomic E-state index is 13.6. The van der Waals surface area contributed by atoms with Crippen molar-refractivity contribution in [2.24, 2.45) is 4.99 Å². The van der Waals surface area contributed by atoms with Crippen molar-refractivity contribution >= 4 is 45.9 Å². The summed E-state index contributed by atoms with van der Waals surface area (Å²) in [5.74, 6) is -0.477. The van der Waals surface area contributed by atoms with E-state index in [2.05, 4.69) is 9.98 Å². The maximum Gasteiger partial charge on any atom is 0.338 e. The molecule has 5 rings (SSSR count). The van der Waals surface area contributed by atoms with E-state index in [0.717, 1.165) is 16.5 Å². The Labute approximate surface area is 204 Å². The van der Waals surface area contributed by atoms with Gasteiger partial charge in [-0.25, -0.2) is 14.8 Å². The molecule has 0 radical (unpaired) electrons. The number of rotatable bonds is 4. The van der Waals surface area contributed by atoms with E-state index in [1.807, 2.05) is 54.6 Å². The van der Waals surface area contributed by atoms with Crippen molar-refractivity contribution in [1.29, 1.82) is 0 Å². The van der Waals surface area contributed by atoms with Gasteiger partial charge in [0.25, 0.3) is 5.56 Å². The fourth-order valence-corrected chi connectivity index (χ4v) is 5.41. The minimum atomic E-state index is -0.633. The lowest BCUT2D eigenvalue weighted by Gasteiger charge is -2.24. The topological polar surface area (TPSA) is 73.6 Å². The van der Waals surface area contributed by atoms with Gasteiger partial charge in [-0.15, -0.1) is 0 Å². The van der Waals surface area contributed by atoms with Gasteiger partial charge in [-0.2, -0.15) is 0 Å². The minimum Gasteiger partial charge on any atom is -0.463 e. The molecular weight excluding hydrogens is 470 g/mol. The molecule has 0 saturated carbocycles. The summed E-state index contributed by atoms with van der Waals surface area (Å²) in [6.07, 6.45) is 1.72. The average Bonchev–Trinajstić information content (AvgIpc) is 3.13. The highest BCUT2D eigenvalue weighted by Crippen LogP contribution is 2.30. The second-order valence-electron chi connectivity index (χ2n) is 7.76. The van der Waals surface area contributed by atoms with Crippen LogP contribution in [0.4, 0.5) is 0 Å². The van der Waals surface area contributed by atoms with Gasteiger partial charge in [-0.1, -0.05) is 71.5 Å². The van der Waals surface area contributed by atoms with E-state index in [1.165, 1.54) is 11.3 Å². The molecule has 0 spiro atoms. The number of carbonyl (C=O) groups is 1.